The van der Waals surface area contributed by atoms with Crippen molar-refractivity contribution in [2.75, 3.05) is 12.4 Å². The van der Waals surface area contributed by atoms with Gasteiger partial charge in [0, 0.05) is 5.69 Å². The summed E-state index contributed by atoms with van der Waals surface area (Å²) in [7, 11) is 1.61. The molecule has 0 amide bonds. The van der Waals surface area contributed by atoms with Gasteiger partial charge in [0.15, 0.2) is 0 Å². The van der Waals surface area contributed by atoms with Gasteiger partial charge in [0.2, 0.25) is 0 Å². The Labute approximate surface area is 122 Å². The summed E-state index contributed by atoms with van der Waals surface area (Å²) in [5, 5.41) is 3.10. The third-order valence-corrected chi connectivity index (χ3v) is 2.92. The van der Waals surface area contributed by atoms with E-state index in [2.05, 4.69) is 21.2 Å². The second-order valence-electron chi connectivity index (χ2n) is 5.25. The van der Waals surface area contributed by atoms with E-state index in [1.165, 1.54) is 0 Å². The number of ether oxygens (including phenoxy) is 2. The van der Waals surface area contributed by atoms with Gasteiger partial charge < -0.3 is 14.8 Å². The fraction of sp³-hybridized carbons (Fsp3) is 0.500. The molecule has 106 valence electrons. The number of hydrogen-bond donors (Lipinski definition) is 1. The number of nitrogens with one attached hydrogen (secondary N) is 1. The first kappa shape index (κ1) is 15.8. The Morgan fingerprint density at radius 2 is 2.00 bits per heavy atom. The minimum atomic E-state index is -0.479. The number of carbonyl (C=O) groups is 1. The van der Waals surface area contributed by atoms with Crippen molar-refractivity contribution in [2.45, 2.75) is 39.3 Å². The molecule has 0 fully saturated rings. The van der Waals surface area contributed by atoms with E-state index < -0.39 is 11.6 Å². The third-order valence-electron chi connectivity index (χ3n) is 2.30. The molecule has 19 heavy (non-hydrogen) atoms. The van der Waals surface area contributed by atoms with Gasteiger partial charge in [-0.3, -0.25) is 0 Å². The monoisotopic (exact) mass is 329 g/mol. The van der Waals surface area contributed by atoms with E-state index in [0.29, 0.717) is 0 Å². The molecule has 1 aromatic rings. The lowest BCUT2D eigenvalue weighted by Gasteiger charge is -2.23. The van der Waals surface area contributed by atoms with Crippen LogP contribution in [0.2, 0.25) is 0 Å². The van der Waals surface area contributed by atoms with E-state index in [1.807, 2.05) is 39.0 Å². The van der Waals surface area contributed by atoms with Crippen LogP contribution in [-0.4, -0.2) is 24.7 Å². The van der Waals surface area contributed by atoms with Crippen molar-refractivity contribution >= 4 is 27.6 Å². The number of halogens is 1. The van der Waals surface area contributed by atoms with Crippen LogP contribution in [0.15, 0.2) is 22.7 Å². The predicted molar refractivity (Wildman–Crippen MR) is 79.6 cm³/mol. The Kier molecular flexibility index (Phi) is 5.23. The highest BCUT2D eigenvalue weighted by atomic mass is 79.9. The minimum absolute atomic E-state index is 0.278. The number of rotatable bonds is 4. The molecular weight excluding hydrogens is 310 g/mol. The van der Waals surface area contributed by atoms with Crippen molar-refractivity contribution in [1.29, 1.82) is 0 Å². The molecule has 0 aliphatic rings. The fourth-order valence-electron chi connectivity index (χ4n) is 1.46. The average molecular weight is 330 g/mol. The van der Waals surface area contributed by atoms with E-state index in [9.17, 15) is 4.79 Å². The summed E-state index contributed by atoms with van der Waals surface area (Å²) in [6.07, 6.45) is 0. The summed E-state index contributed by atoms with van der Waals surface area (Å²) >= 11 is 3.40. The summed E-state index contributed by atoms with van der Waals surface area (Å²) in [4.78, 5) is 11.8. The maximum absolute atomic E-state index is 11.8. The van der Waals surface area contributed by atoms with Crippen molar-refractivity contribution in [2.24, 2.45) is 0 Å². The maximum atomic E-state index is 11.8. The molecule has 1 N–H and O–H groups in total. The van der Waals surface area contributed by atoms with Crippen LogP contribution in [0, 0.1) is 0 Å². The summed E-state index contributed by atoms with van der Waals surface area (Å²) in [5.74, 6) is 0.468. The molecule has 5 heteroatoms. The number of methoxy groups -OCH3 is 1. The summed E-state index contributed by atoms with van der Waals surface area (Å²) in [5.41, 5.74) is 0.346. The van der Waals surface area contributed by atoms with E-state index in [-0.39, 0.29) is 5.97 Å². The van der Waals surface area contributed by atoms with Crippen molar-refractivity contribution in [3.05, 3.63) is 22.7 Å². The maximum Gasteiger partial charge on any atom is 0.328 e. The molecule has 0 saturated heterocycles. The van der Waals surface area contributed by atoms with Crippen molar-refractivity contribution in [3.63, 3.8) is 0 Å². The van der Waals surface area contributed by atoms with E-state index >= 15 is 0 Å². The lowest BCUT2D eigenvalue weighted by atomic mass is 10.2. The summed E-state index contributed by atoms with van der Waals surface area (Å²) in [6.45, 7) is 7.32. The van der Waals surface area contributed by atoms with Crippen molar-refractivity contribution < 1.29 is 14.3 Å². The van der Waals surface area contributed by atoms with Gasteiger partial charge in [-0.05, 0) is 61.8 Å². The first-order valence-corrected chi connectivity index (χ1v) is 6.85. The quantitative estimate of drug-likeness (QED) is 0.857. The topological polar surface area (TPSA) is 47.6 Å². The fourth-order valence-corrected chi connectivity index (χ4v) is 2.00. The Bertz CT molecular complexity index is 454. The van der Waals surface area contributed by atoms with Gasteiger partial charge in [-0.2, -0.15) is 0 Å². The average Bonchev–Trinajstić information content (AvgIpc) is 2.27. The molecule has 4 nitrogen and oxygen atoms in total. The molecule has 1 aromatic carbocycles. The molecule has 0 aromatic heterocycles. The molecule has 1 unspecified atom stereocenters. The molecule has 0 bridgehead atoms. The zero-order chi connectivity index (χ0) is 14.6. The van der Waals surface area contributed by atoms with Crippen molar-refractivity contribution in [1.82, 2.24) is 0 Å². The molecule has 0 heterocycles. The molecule has 1 atom stereocenters. The lowest BCUT2D eigenvalue weighted by molar-refractivity contribution is -0.155. The van der Waals surface area contributed by atoms with Crippen LogP contribution in [0.5, 0.6) is 5.75 Å². The van der Waals surface area contributed by atoms with Gasteiger partial charge >= 0.3 is 5.97 Å². The number of carbonyl (C=O) groups excluding carboxylic acids is 1. The Hall–Kier alpha value is -1.23. The van der Waals surface area contributed by atoms with Crippen LogP contribution in [0.1, 0.15) is 27.7 Å². The number of anilines is 1. The zero-order valence-electron chi connectivity index (χ0n) is 11.9. The van der Waals surface area contributed by atoms with Gasteiger partial charge in [0.05, 0.1) is 11.6 Å². The second kappa shape index (κ2) is 6.28. The van der Waals surface area contributed by atoms with Crippen molar-refractivity contribution in [3.8, 4) is 5.75 Å². The standard InChI is InChI=1S/C14H20BrNO3/c1-9(13(17)19-14(2,3)4)16-10-6-7-12(18-5)11(15)8-10/h6-9,16H,1-5H3. The first-order valence-electron chi connectivity index (χ1n) is 6.06. The van der Waals surface area contributed by atoms with Crippen LogP contribution in [-0.2, 0) is 9.53 Å². The number of benzene rings is 1. The Morgan fingerprint density at radius 3 is 2.47 bits per heavy atom. The number of hydrogen-bond acceptors (Lipinski definition) is 4. The molecule has 0 radical (unpaired) electrons. The smallest absolute Gasteiger partial charge is 0.328 e. The van der Waals surface area contributed by atoms with E-state index in [1.54, 1.807) is 14.0 Å². The van der Waals surface area contributed by atoms with Crippen LogP contribution >= 0.6 is 15.9 Å². The molecule has 0 saturated carbocycles. The minimum Gasteiger partial charge on any atom is -0.496 e. The highest BCUT2D eigenvalue weighted by Gasteiger charge is 2.21. The van der Waals surface area contributed by atoms with Gasteiger partial charge in [-0.25, -0.2) is 4.79 Å². The number of esters is 1. The molecule has 0 aliphatic carbocycles. The van der Waals surface area contributed by atoms with E-state index in [4.69, 9.17) is 9.47 Å². The SMILES string of the molecule is COc1ccc(NC(C)C(=O)OC(C)(C)C)cc1Br. The molecule has 0 spiro atoms. The Morgan fingerprint density at radius 1 is 1.37 bits per heavy atom. The zero-order valence-corrected chi connectivity index (χ0v) is 13.5. The largest absolute Gasteiger partial charge is 0.496 e. The summed E-state index contributed by atoms with van der Waals surface area (Å²) in [6, 6.07) is 5.12. The molecule has 1 rings (SSSR count). The van der Waals surface area contributed by atoms with Gasteiger partial charge in [-0.1, -0.05) is 0 Å². The van der Waals surface area contributed by atoms with Crippen LogP contribution in [0.3, 0.4) is 0 Å². The van der Waals surface area contributed by atoms with E-state index in [0.717, 1.165) is 15.9 Å². The highest BCUT2D eigenvalue weighted by molar-refractivity contribution is 9.10. The van der Waals surface area contributed by atoms with Gasteiger partial charge in [0.25, 0.3) is 0 Å². The first-order chi connectivity index (χ1) is 8.73. The van der Waals surface area contributed by atoms with Gasteiger partial charge in [0.1, 0.15) is 17.4 Å². The highest BCUT2D eigenvalue weighted by Crippen LogP contribution is 2.28. The van der Waals surface area contributed by atoms with Crippen LogP contribution < -0.4 is 10.1 Å². The normalized spacial score (nSPS) is 12.7. The third kappa shape index (κ3) is 5.11. The van der Waals surface area contributed by atoms with Gasteiger partial charge in [-0.15, -0.1) is 0 Å². The van der Waals surface area contributed by atoms with Crippen LogP contribution in [0.4, 0.5) is 5.69 Å². The molecule has 0 aliphatic heterocycles. The predicted octanol–water partition coefficient (Wildman–Crippen LogP) is 3.60. The lowest BCUT2D eigenvalue weighted by Crippen LogP contribution is -2.34. The molecular formula is C14H20BrNO3. The Balaban J connectivity index is 2.69. The van der Waals surface area contributed by atoms with Crippen LogP contribution in [0.25, 0.3) is 0 Å². The second-order valence-corrected chi connectivity index (χ2v) is 6.10. The summed E-state index contributed by atoms with van der Waals surface area (Å²) < 4.78 is 11.3.